The number of nitriles is 1. The van der Waals surface area contributed by atoms with E-state index in [9.17, 15) is 14.9 Å². The smallest absolute Gasteiger partial charge is 0.219 e. The van der Waals surface area contributed by atoms with E-state index in [1.807, 2.05) is 49.4 Å². The van der Waals surface area contributed by atoms with E-state index in [1.165, 1.54) is 23.1 Å². The van der Waals surface area contributed by atoms with E-state index in [-0.39, 0.29) is 28.6 Å². The van der Waals surface area contributed by atoms with Crippen molar-refractivity contribution in [3.63, 3.8) is 0 Å². The van der Waals surface area contributed by atoms with Crippen LogP contribution in [-0.2, 0) is 4.79 Å². The molecule has 0 saturated carbocycles. The van der Waals surface area contributed by atoms with Crippen molar-refractivity contribution in [1.82, 2.24) is 10.2 Å². The molecule has 0 saturated heterocycles. The Balaban J connectivity index is 1.54. The van der Waals surface area contributed by atoms with Gasteiger partial charge in [-0.2, -0.15) is 5.26 Å². The molecule has 2 N–H and O–H groups in total. The lowest BCUT2D eigenvalue weighted by Gasteiger charge is -2.42. The standard InChI is InChI=1S/C29H27N5O2S2/c1-17-8-7-11-19(12-17)24-20(15-30)26(31)34(21-13-29(2,3)14-22(35)25(21)24)27-32-33-28(38-27)37-16-23(36)18-9-5-4-6-10-18/h4-12,24H,13-14,16,31H2,1-3H3. The number of ketones is 2. The van der Waals surface area contributed by atoms with Gasteiger partial charge in [-0.25, -0.2) is 0 Å². The quantitative estimate of drug-likeness (QED) is 0.309. The number of nitrogens with zero attached hydrogens (tertiary/aromatic N) is 4. The summed E-state index contributed by atoms with van der Waals surface area (Å²) in [5.41, 5.74) is 10.7. The highest BCUT2D eigenvalue weighted by Crippen LogP contribution is 2.50. The number of thioether (sulfide) groups is 1. The predicted molar refractivity (Wildman–Crippen MR) is 150 cm³/mol. The van der Waals surface area contributed by atoms with Gasteiger partial charge in [0.15, 0.2) is 15.9 Å². The fourth-order valence-electron chi connectivity index (χ4n) is 5.10. The lowest BCUT2D eigenvalue weighted by atomic mass is 9.68. The Bertz CT molecular complexity index is 1530. The van der Waals surface area contributed by atoms with Crippen LogP contribution in [0.15, 0.2) is 81.6 Å². The predicted octanol–water partition coefficient (Wildman–Crippen LogP) is 5.76. The number of Topliss-reactive ketones (excluding diaryl/α,β-unsaturated/α-hetero) is 2. The lowest BCUT2D eigenvalue weighted by molar-refractivity contribution is -0.118. The molecule has 0 amide bonds. The van der Waals surface area contributed by atoms with Crippen LogP contribution in [0, 0.1) is 23.7 Å². The van der Waals surface area contributed by atoms with Crippen molar-refractivity contribution < 1.29 is 9.59 Å². The third-order valence-electron chi connectivity index (χ3n) is 6.77. The van der Waals surface area contributed by atoms with Gasteiger partial charge < -0.3 is 5.73 Å². The van der Waals surface area contributed by atoms with E-state index in [1.54, 1.807) is 17.0 Å². The zero-order valence-electron chi connectivity index (χ0n) is 21.4. The molecular formula is C29H27N5O2S2. The Morgan fingerprint density at radius 1 is 1.18 bits per heavy atom. The Morgan fingerprint density at radius 3 is 2.66 bits per heavy atom. The number of allylic oxidation sites excluding steroid dienone is 3. The van der Waals surface area contributed by atoms with Gasteiger partial charge in [-0.15, -0.1) is 10.2 Å². The fourth-order valence-corrected chi connectivity index (χ4v) is 6.87. The number of benzene rings is 2. The van der Waals surface area contributed by atoms with E-state index in [4.69, 9.17) is 5.73 Å². The number of aryl methyl sites for hydroxylation is 1. The van der Waals surface area contributed by atoms with Crippen LogP contribution in [0.25, 0.3) is 0 Å². The zero-order chi connectivity index (χ0) is 27.0. The van der Waals surface area contributed by atoms with E-state index in [2.05, 4.69) is 30.1 Å². The lowest BCUT2D eigenvalue weighted by Crippen LogP contribution is -2.42. The molecule has 2 aliphatic rings. The SMILES string of the molecule is Cc1cccc(C2C(C#N)=C(N)N(c3nnc(SCC(=O)c4ccccc4)s3)C3=C2C(=O)CC(C)(C)C3)c1. The second kappa shape index (κ2) is 10.2. The largest absolute Gasteiger partial charge is 0.384 e. The van der Waals surface area contributed by atoms with Crippen LogP contribution >= 0.6 is 23.1 Å². The molecule has 0 bridgehead atoms. The number of aromatic nitrogens is 2. The maximum atomic E-state index is 13.6. The van der Waals surface area contributed by atoms with Crippen molar-refractivity contribution >= 4 is 39.8 Å². The molecule has 192 valence electrons. The molecule has 38 heavy (non-hydrogen) atoms. The van der Waals surface area contributed by atoms with Crippen LogP contribution < -0.4 is 10.6 Å². The van der Waals surface area contributed by atoms with Gasteiger partial charge in [0.2, 0.25) is 5.13 Å². The molecule has 5 rings (SSSR count). The van der Waals surface area contributed by atoms with E-state index in [0.29, 0.717) is 39.0 Å². The van der Waals surface area contributed by atoms with Gasteiger partial charge in [0.25, 0.3) is 0 Å². The molecular weight excluding hydrogens is 514 g/mol. The van der Waals surface area contributed by atoms with Crippen molar-refractivity contribution in [2.75, 3.05) is 10.7 Å². The number of carbonyl (C=O) groups is 2. The fraction of sp³-hybridized carbons (Fsp3) is 0.276. The number of hydrogen-bond acceptors (Lipinski definition) is 9. The number of hydrogen-bond donors (Lipinski definition) is 1. The molecule has 1 atom stereocenters. The summed E-state index contributed by atoms with van der Waals surface area (Å²) in [6.45, 7) is 6.11. The highest BCUT2D eigenvalue weighted by atomic mass is 32.2. The normalized spacial score (nSPS) is 18.8. The van der Waals surface area contributed by atoms with Crippen LogP contribution in [0.5, 0.6) is 0 Å². The number of nitrogens with two attached hydrogens (primary N) is 1. The first-order valence-corrected chi connectivity index (χ1v) is 14.1. The van der Waals surface area contributed by atoms with Gasteiger partial charge in [-0.05, 0) is 24.3 Å². The van der Waals surface area contributed by atoms with Gasteiger partial charge >= 0.3 is 0 Å². The van der Waals surface area contributed by atoms with Crippen molar-refractivity contribution in [2.45, 2.75) is 43.9 Å². The van der Waals surface area contributed by atoms with Crippen LogP contribution in [0.3, 0.4) is 0 Å². The molecule has 0 spiro atoms. The van der Waals surface area contributed by atoms with E-state index < -0.39 is 5.92 Å². The van der Waals surface area contributed by atoms with Crippen molar-refractivity contribution in [1.29, 1.82) is 5.26 Å². The van der Waals surface area contributed by atoms with E-state index in [0.717, 1.165) is 16.8 Å². The second-order valence-electron chi connectivity index (χ2n) is 10.3. The Labute approximate surface area is 230 Å². The minimum Gasteiger partial charge on any atom is -0.384 e. The molecule has 1 aliphatic carbocycles. The molecule has 2 aromatic carbocycles. The van der Waals surface area contributed by atoms with Crippen molar-refractivity contribution in [3.05, 3.63) is 94.0 Å². The van der Waals surface area contributed by atoms with Gasteiger partial charge in [0.05, 0.1) is 23.3 Å². The summed E-state index contributed by atoms with van der Waals surface area (Å²) in [4.78, 5) is 27.9. The molecule has 2 heterocycles. The van der Waals surface area contributed by atoms with Gasteiger partial charge in [-0.3, -0.25) is 14.5 Å². The maximum absolute atomic E-state index is 13.6. The molecule has 1 aliphatic heterocycles. The number of carbonyl (C=O) groups excluding carboxylic acids is 2. The minimum absolute atomic E-state index is 0.00196. The average Bonchev–Trinajstić information content (AvgIpc) is 3.34. The highest BCUT2D eigenvalue weighted by Gasteiger charge is 2.45. The van der Waals surface area contributed by atoms with Crippen LogP contribution in [0.4, 0.5) is 5.13 Å². The van der Waals surface area contributed by atoms with Crippen LogP contribution in [0.2, 0.25) is 0 Å². The first-order valence-electron chi connectivity index (χ1n) is 12.3. The summed E-state index contributed by atoms with van der Waals surface area (Å²) < 4.78 is 0.611. The zero-order valence-corrected chi connectivity index (χ0v) is 23.0. The molecule has 0 radical (unpaired) electrons. The summed E-state index contributed by atoms with van der Waals surface area (Å²) >= 11 is 2.60. The van der Waals surface area contributed by atoms with E-state index >= 15 is 0 Å². The van der Waals surface area contributed by atoms with Gasteiger partial charge in [0, 0.05) is 23.3 Å². The molecule has 0 fully saturated rings. The third-order valence-corrected chi connectivity index (χ3v) is 8.81. The van der Waals surface area contributed by atoms with Crippen molar-refractivity contribution in [2.24, 2.45) is 11.1 Å². The first-order chi connectivity index (χ1) is 18.2. The first kappa shape index (κ1) is 25.9. The van der Waals surface area contributed by atoms with Crippen LogP contribution in [-0.4, -0.2) is 27.5 Å². The number of rotatable bonds is 6. The van der Waals surface area contributed by atoms with Gasteiger partial charge in [-0.1, -0.05) is 97.1 Å². The summed E-state index contributed by atoms with van der Waals surface area (Å²) in [6, 6.07) is 19.3. The van der Waals surface area contributed by atoms with Gasteiger partial charge in [0.1, 0.15) is 5.82 Å². The Kier molecular flexibility index (Phi) is 6.95. The molecule has 1 aromatic heterocycles. The molecule has 3 aromatic rings. The summed E-state index contributed by atoms with van der Waals surface area (Å²) in [7, 11) is 0. The minimum atomic E-state index is -0.528. The Morgan fingerprint density at radius 2 is 1.95 bits per heavy atom. The second-order valence-corrected chi connectivity index (χ2v) is 12.5. The Hall–Kier alpha value is -3.74. The monoisotopic (exact) mass is 541 g/mol. The summed E-state index contributed by atoms with van der Waals surface area (Å²) in [6.07, 6.45) is 0.990. The summed E-state index contributed by atoms with van der Waals surface area (Å²) in [5, 5.41) is 19.4. The highest BCUT2D eigenvalue weighted by molar-refractivity contribution is 8.01. The molecule has 9 heteroatoms. The topological polar surface area (TPSA) is 113 Å². The number of anilines is 1. The average molecular weight is 542 g/mol. The maximum Gasteiger partial charge on any atom is 0.219 e. The molecule has 7 nitrogen and oxygen atoms in total. The third kappa shape index (κ3) is 4.89. The molecule has 1 unspecified atom stereocenters. The van der Waals surface area contributed by atoms with Crippen molar-refractivity contribution in [3.8, 4) is 6.07 Å². The summed E-state index contributed by atoms with van der Waals surface area (Å²) in [5.74, 6) is -0.0264. The van der Waals surface area contributed by atoms with Crippen LogP contribution in [0.1, 0.15) is 54.1 Å².